The molecule has 35 heavy (non-hydrogen) atoms. The smallest absolute Gasteiger partial charge is 0.459 e. The molecule has 4 atom stereocenters. The van der Waals surface area contributed by atoms with Gasteiger partial charge < -0.3 is 30.4 Å². The summed E-state index contributed by atoms with van der Waals surface area (Å²) in [5.41, 5.74) is 4.96. The van der Waals surface area contributed by atoms with Gasteiger partial charge in [0.15, 0.2) is 6.23 Å². The number of nitrogen functional groups attached to an aromatic ring is 1. The molecule has 2 aromatic rings. The van der Waals surface area contributed by atoms with E-state index in [1.165, 1.54) is 24.4 Å². The molecule has 1 fully saturated rings. The third-order valence-corrected chi connectivity index (χ3v) is 5.00. The first-order valence-electron chi connectivity index (χ1n) is 10.4. The minimum absolute atomic E-state index is 0.0182. The van der Waals surface area contributed by atoms with E-state index in [4.69, 9.17) is 19.9 Å². The first kappa shape index (κ1) is 26.1. The van der Waals surface area contributed by atoms with Crippen LogP contribution in [0.3, 0.4) is 0 Å². The van der Waals surface area contributed by atoms with Crippen molar-refractivity contribution < 1.29 is 42.1 Å². The van der Waals surface area contributed by atoms with Crippen molar-refractivity contribution in [2.45, 2.75) is 37.1 Å². The van der Waals surface area contributed by atoms with Crippen LogP contribution in [0.5, 0.6) is 0 Å². The van der Waals surface area contributed by atoms with Gasteiger partial charge in [-0.2, -0.15) is 18.2 Å². The molecule has 0 bridgehead atoms. The number of aromatic nitrogens is 2. The Morgan fingerprint density at radius 3 is 2.60 bits per heavy atom. The Bertz CT molecular complexity index is 1080. The van der Waals surface area contributed by atoms with E-state index in [1.807, 2.05) is 0 Å². The van der Waals surface area contributed by atoms with Crippen LogP contribution in [-0.2, 0) is 19.0 Å². The maximum Gasteiger partial charge on any atom is 0.471 e. The highest BCUT2D eigenvalue weighted by Gasteiger charge is 2.46. The van der Waals surface area contributed by atoms with Gasteiger partial charge in [0.2, 0.25) is 0 Å². The quantitative estimate of drug-likeness (QED) is 0.328. The molecular formula is C21H23F3N4O7. The number of halogens is 3. The third-order valence-electron chi connectivity index (χ3n) is 5.00. The number of nitrogens with two attached hydrogens (primary N) is 1. The van der Waals surface area contributed by atoms with Crippen LogP contribution in [0, 0.1) is 0 Å². The number of amides is 1. The molecule has 0 radical (unpaired) electrons. The summed E-state index contributed by atoms with van der Waals surface area (Å²) < 4.78 is 54.4. The predicted molar refractivity (Wildman–Crippen MR) is 113 cm³/mol. The number of nitrogens with zero attached hydrogens (tertiary/aromatic N) is 2. The molecule has 1 saturated heterocycles. The Hall–Kier alpha value is -3.49. The summed E-state index contributed by atoms with van der Waals surface area (Å²) >= 11 is 0. The monoisotopic (exact) mass is 500 g/mol. The van der Waals surface area contributed by atoms with Gasteiger partial charge in [0, 0.05) is 19.3 Å². The largest absolute Gasteiger partial charge is 0.471 e. The number of rotatable bonds is 9. The first-order chi connectivity index (χ1) is 16.6. The standard InChI is InChI=1S/C21H23F3N4O7/c22-21(23,24)19(31)26-8-4-10-33-16-13(11-34-18(30)12-5-2-1-3-6-12)35-17(15(16)29)28-9-7-14(25)27-20(28)32/h1-3,5-7,9,13,15-17,29H,4,8,10-11H2,(H,26,31)(H2,25,27,32)/t13-,15-,16-,17-/m1/s1. The summed E-state index contributed by atoms with van der Waals surface area (Å²) in [6.07, 6.45) is -8.59. The van der Waals surface area contributed by atoms with Gasteiger partial charge in [-0.25, -0.2) is 9.59 Å². The average Bonchev–Trinajstić information content (AvgIpc) is 3.12. The Labute approximate surface area is 196 Å². The minimum Gasteiger partial charge on any atom is -0.459 e. The number of hydrogen-bond donors (Lipinski definition) is 3. The molecular weight excluding hydrogens is 477 g/mol. The summed E-state index contributed by atoms with van der Waals surface area (Å²) in [6.45, 7) is -0.859. The van der Waals surface area contributed by atoms with Gasteiger partial charge in [0.1, 0.15) is 30.7 Å². The number of nitrogens with one attached hydrogen (secondary N) is 1. The van der Waals surface area contributed by atoms with E-state index in [-0.39, 0.29) is 37.6 Å². The molecule has 4 N–H and O–H groups in total. The number of carbonyl (C=O) groups excluding carboxylic acids is 2. The van der Waals surface area contributed by atoms with E-state index in [9.17, 15) is 32.7 Å². The zero-order valence-corrected chi connectivity index (χ0v) is 18.2. The second-order valence-electron chi connectivity index (χ2n) is 7.51. The maximum absolute atomic E-state index is 12.3. The van der Waals surface area contributed by atoms with E-state index in [1.54, 1.807) is 23.5 Å². The SMILES string of the molecule is Nc1ccn([C@@H]2O[C@H](COC(=O)c3ccccc3)[C@@H](OCCCNC(=O)C(F)(F)F)[C@H]2O)c(=O)n1. The fourth-order valence-corrected chi connectivity index (χ4v) is 3.32. The van der Waals surface area contributed by atoms with Crippen LogP contribution in [-0.4, -0.2) is 70.8 Å². The fourth-order valence-electron chi connectivity index (χ4n) is 3.32. The normalized spacial score (nSPS) is 22.1. The lowest BCUT2D eigenvalue weighted by molar-refractivity contribution is -0.173. The molecule has 1 aromatic heterocycles. The van der Waals surface area contributed by atoms with E-state index >= 15 is 0 Å². The molecule has 1 aliphatic rings. The van der Waals surface area contributed by atoms with Crippen molar-refractivity contribution in [2.24, 2.45) is 0 Å². The van der Waals surface area contributed by atoms with Gasteiger partial charge in [-0.05, 0) is 24.6 Å². The molecule has 1 aromatic carbocycles. The molecule has 0 saturated carbocycles. The highest BCUT2D eigenvalue weighted by atomic mass is 19.4. The van der Waals surface area contributed by atoms with Crippen LogP contribution in [0.2, 0.25) is 0 Å². The summed E-state index contributed by atoms with van der Waals surface area (Å²) in [5, 5.41) is 12.5. The van der Waals surface area contributed by atoms with Crippen molar-refractivity contribution in [3.63, 3.8) is 0 Å². The van der Waals surface area contributed by atoms with Crippen molar-refractivity contribution in [3.05, 3.63) is 58.6 Å². The molecule has 14 heteroatoms. The molecule has 0 aliphatic carbocycles. The zero-order valence-electron chi connectivity index (χ0n) is 18.2. The van der Waals surface area contributed by atoms with E-state index in [0.717, 1.165) is 4.57 Å². The van der Waals surface area contributed by atoms with E-state index in [2.05, 4.69) is 4.98 Å². The fraction of sp³-hybridized carbons (Fsp3) is 0.429. The van der Waals surface area contributed by atoms with E-state index < -0.39 is 48.3 Å². The molecule has 3 rings (SSSR count). The molecule has 0 spiro atoms. The van der Waals surface area contributed by atoms with Crippen molar-refractivity contribution >= 4 is 17.7 Å². The molecule has 190 valence electrons. The predicted octanol–water partition coefficient (Wildman–Crippen LogP) is 0.395. The summed E-state index contributed by atoms with van der Waals surface area (Å²) in [5.74, 6) is -2.78. The highest BCUT2D eigenvalue weighted by molar-refractivity contribution is 5.89. The molecule has 1 amide bonds. The summed E-state index contributed by atoms with van der Waals surface area (Å²) in [6, 6.07) is 9.41. The van der Waals surface area contributed by atoms with Crippen molar-refractivity contribution in [2.75, 3.05) is 25.5 Å². The minimum atomic E-state index is -5.00. The van der Waals surface area contributed by atoms with Crippen LogP contribution < -0.4 is 16.7 Å². The number of alkyl halides is 3. The zero-order chi connectivity index (χ0) is 25.6. The number of aliphatic hydroxyl groups excluding tert-OH is 1. The van der Waals surface area contributed by atoms with Gasteiger partial charge in [0.05, 0.1) is 5.56 Å². The van der Waals surface area contributed by atoms with Gasteiger partial charge in [-0.3, -0.25) is 9.36 Å². The number of benzene rings is 1. The van der Waals surface area contributed by atoms with Crippen LogP contribution in [0.15, 0.2) is 47.4 Å². The molecule has 1 aliphatic heterocycles. The number of anilines is 1. The summed E-state index contributed by atoms with van der Waals surface area (Å²) in [7, 11) is 0. The van der Waals surface area contributed by atoms with Crippen molar-refractivity contribution in [1.82, 2.24) is 14.9 Å². The van der Waals surface area contributed by atoms with Gasteiger partial charge in [0.25, 0.3) is 0 Å². The Morgan fingerprint density at radius 2 is 1.94 bits per heavy atom. The first-order valence-corrected chi connectivity index (χ1v) is 10.4. The van der Waals surface area contributed by atoms with Gasteiger partial charge in [-0.1, -0.05) is 18.2 Å². The van der Waals surface area contributed by atoms with Crippen LogP contribution >= 0.6 is 0 Å². The third kappa shape index (κ3) is 6.77. The second-order valence-corrected chi connectivity index (χ2v) is 7.51. The lowest BCUT2D eigenvalue weighted by atomic mass is 10.1. The number of ether oxygens (including phenoxy) is 3. The van der Waals surface area contributed by atoms with Gasteiger partial charge >= 0.3 is 23.7 Å². The summed E-state index contributed by atoms with van der Waals surface area (Å²) in [4.78, 5) is 38.9. The molecule has 11 nitrogen and oxygen atoms in total. The topological polar surface area (TPSA) is 155 Å². The maximum atomic E-state index is 12.3. The number of carbonyl (C=O) groups is 2. The molecule has 2 heterocycles. The Balaban J connectivity index is 1.65. The highest BCUT2D eigenvalue weighted by Crippen LogP contribution is 2.31. The van der Waals surface area contributed by atoms with Crippen LogP contribution in [0.1, 0.15) is 23.0 Å². The second kappa shape index (κ2) is 11.3. The average molecular weight is 500 g/mol. The Kier molecular flexibility index (Phi) is 8.43. The van der Waals surface area contributed by atoms with Crippen LogP contribution in [0.25, 0.3) is 0 Å². The van der Waals surface area contributed by atoms with E-state index in [0.29, 0.717) is 0 Å². The number of aliphatic hydroxyl groups is 1. The number of esters is 1. The number of hydrogen-bond acceptors (Lipinski definition) is 9. The van der Waals surface area contributed by atoms with Crippen molar-refractivity contribution in [3.8, 4) is 0 Å². The van der Waals surface area contributed by atoms with Crippen LogP contribution in [0.4, 0.5) is 19.0 Å². The Morgan fingerprint density at radius 1 is 1.23 bits per heavy atom. The van der Waals surface area contributed by atoms with Gasteiger partial charge in [-0.15, -0.1) is 0 Å². The lowest BCUT2D eigenvalue weighted by Gasteiger charge is -2.21. The molecule has 0 unspecified atom stereocenters. The van der Waals surface area contributed by atoms with Crippen molar-refractivity contribution in [1.29, 1.82) is 0 Å². The lowest BCUT2D eigenvalue weighted by Crippen LogP contribution is -2.40.